The van der Waals surface area contributed by atoms with Crippen LogP contribution in [0.25, 0.3) is 11.5 Å². The standard InChI is InChI=1S/C7H9N5S/c1-4(8)6-10-7(12-11-6)5-2-13-3-9-5/h2-4H,8H2,1H3,(H,10,11,12). The number of thiazole rings is 1. The van der Waals surface area contributed by atoms with Crippen LogP contribution < -0.4 is 5.73 Å². The molecule has 0 bridgehead atoms. The first-order valence-electron chi connectivity index (χ1n) is 3.84. The van der Waals surface area contributed by atoms with Gasteiger partial charge in [0.2, 0.25) is 5.82 Å². The van der Waals surface area contributed by atoms with Gasteiger partial charge in [-0.05, 0) is 6.92 Å². The van der Waals surface area contributed by atoms with E-state index in [9.17, 15) is 0 Å². The SMILES string of the molecule is CC(N)c1nc(-c2cscn2)n[nH]1. The minimum Gasteiger partial charge on any atom is -0.322 e. The van der Waals surface area contributed by atoms with E-state index in [0.717, 1.165) is 5.69 Å². The van der Waals surface area contributed by atoms with Crippen LogP contribution in [0.15, 0.2) is 10.9 Å². The molecule has 13 heavy (non-hydrogen) atoms. The highest BCUT2D eigenvalue weighted by atomic mass is 32.1. The third-order valence-electron chi connectivity index (χ3n) is 1.60. The number of nitrogens with two attached hydrogens (primary N) is 1. The van der Waals surface area contributed by atoms with Gasteiger partial charge in [-0.1, -0.05) is 0 Å². The summed E-state index contributed by atoms with van der Waals surface area (Å²) in [5.41, 5.74) is 8.16. The van der Waals surface area contributed by atoms with E-state index in [1.165, 1.54) is 11.3 Å². The predicted octanol–water partition coefficient (Wildman–Crippen LogP) is 0.948. The fraction of sp³-hybridized carbons (Fsp3) is 0.286. The molecule has 0 fully saturated rings. The molecule has 2 aromatic rings. The smallest absolute Gasteiger partial charge is 0.200 e. The molecule has 2 rings (SSSR count). The Kier molecular flexibility index (Phi) is 2.07. The summed E-state index contributed by atoms with van der Waals surface area (Å²) in [6.45, 7) is 1.85. The van der Waals surface area contributed by atoms with E-state index in [0.29, 0.717) is 11.6 Å². The highest BCUT2D eigenvalue weighted by Gasteiger charge is 2.09. The molecule has 0 aliphatic rings. The largest absolute Gasteiger partial charge is 0.322 e. The lowest BCUT2D eigenvalue weighted by molar-refractivity contribution is 0.745. The van der Waals surface area contributed by atoms with Gasteiger partial charge < -0.3 is 5.73 Å². The molecular weight excluding hydrogens is 186 g/mol. The van der Waals surface area contributed by atoms with Crippen molar-refractivity contribution in [2.24, 2.45) is 5.73 Å². The van der Waals surface area contributed by atoms with Gasteiger partial charge in [0.1, 0.15) is 11.5 Å². The number of hydrogen-bond donors (Lipinski definition) is 2. The summed E-state index contributed by atoms with van der Waals surface area (Å²) >= 11 is 1.52. The van der Waals surface area contributed by atoms with Gasteiger partial charge in [0.15, 0.2) is 0 Å². The van der Waals surface area contributed by atoms with Gasteiger partial charge >= 0.3 is 0 Å². The van der Waals surface area contributed by atoms with Crippen molar-refractivity contribution in [2.45, 2.75) is 13.0 Å². The molecule has 0 saturated heterocycles. The van der Waals surface area contributed by atoms with Crippen LogP contribution in [0.1, 0.15) is 18.8 Å². The van der Waals surface area contributed by atoms with Crippen LogP contribution in [0, 0.1) is 0 Å². The van der Waals surface area contributed by atoms with Crippen LogP contribution >= 0.6 is 11.3 Å². The Balaban J connectivity index is 2.33. The number of aromatic amines is 1. The summed E-state index contributed by atoms with van der Waals surface area (Å²) in [5.74, 6) is 1.29. The molecule has 0 aliphatic carbocycles. The molecule has 2 heterocycles. The predicted molar refractivity (Wildman–Crippen MR) is 50.1 cm³/mol. The van der Waals surface area contributed by atoms with Gasteiger partial charge in [0.05, 0.1) is 11.6 Å². The van der Waals surface area contributed by atoms with E-state index in [4.69, 9.17) is 5.73 Å². The summed E-state index contributed by atoms with van der Waals surface area (Å²) in [7, 11) is 0. The van der Waals surface area contributed by atoms with Gasteiger partial charge in [-0.25, -0.2) is 9.97 Å². The number of H-pyrrole nitrogens is 1. The molecule has 0 aromatic carbocycles. The van der Waals surface area contributed by atoms with Crippen molar-refractivity contribution in [2.75, 3.05) is 0 Å². The molecule has 6 heteroatoms. The van der Waals surface area contributed by atoms with Crippen LogP contribution in [0.4, 0.5) is 0 Å². The van der Waals surface area contributed by atoms with Crippen LogP contribution in [0.3, 0.4) is 0 Å². The number of nitrogens with one attached hydrogen (secondary N) is 1. The Labute approximate surface area is 79.0 Å². The zero-order chi connectivity index (χ0) is 9.26. The molecule has 0 spiro atoms. The fourth-order valence-electron chi connectivity index (χ4n) is 0.915. The third kappa shape index (κ3) is 1.58. The Bertz CT molecular complexity index is 377. The molecular formula is C7H9N5S. The molecule has 3 N–H and O–H groups in total. The maximum absolute atomic E-state index is 5.63. The quantitative estimate of drug-likeness (QED) is 0.747. The Morgan fingerprint density at radius 2 is 2.46 bits per heavy atom. The van der Waals surface area contributed by atoms with Crippen LogP contribution in [-0.4, -0.2) is 20.2 Å². The van der Waals surface area contributed by atoms with Crippen molar-refractivity contribution >= 4 is 11.3 Å². The van der Waals surface area contributed by atoms with E-state index >= 15 is 0 Å². The number of hydrogen-bond acceptors (Lipinski definition) is 5. The highest BCUT2D eigenvalue weighted by molar-refractivity contribution is 7.07. The maximum Gasteiger partial charge on any atom is 0.200 e. The summed E-state index contributed by atoms with van der Waals surface area (Å²) in [5, 5.41) is 8.68. The molecule has 0 amide bonds. The highest BCUT2D eigenvalue weighted by Crippen LogP contribution is 2.15. The summed E-state index contributed by atoms with van der Waals surface area (Å²) in [6, 6.07) is -0.125. The molecule has 0 aliphatic heterocycles. The average Bonchev–Trinajstić information content (AvgIpc) is 2.75. The molecule has 0 saturated carbocycles. The molecule has 1 atom stereocenters. The van der Waals surface area contributed by atoms with Crippen LogP contribution in [0.2, 0.25) is 0 Å². The average molecular weight is 195 g/mol. The van der Waals surface area contributed by atoms with Gasteiger partial charge in [0, 0.05) is 5.38 Å². The topological polar surface area (TPSA) is 80.5 Å². The van der Waals surface area contributed by atoms with Gasteiger partial charge in [-0.15, -0.1) is 11.3 Å². The van der Waals surface area contributed by atoms with Crippen molar-refractivity contribution in [3.8, 4) is 11.5 Å². The molecule has 1 unspecified atom stereocenters. The zero-order valence-corrected chi connectivity index (χ0v) is 7.88. The van der Waals surface area contributed by atoms with Crippen molar-refractivity contribution in [3.63, 3.8) is 0 Å². The third-order valence-corrected chi connectivity index (χ3v) is 2.18. The first kappa shape index (κ1) is 8.33. The first-order valence-corrected chi connectivity index (χ1v) is 4.78. The number of rotatable bonds is 2. The molecule has 0 radical (unpaired) electrons. The van der Waals surface area contributed by atoms with Gasteiger partial charge in [-0.3, -0.25) is 5.10 Å². The maximum atomic E-state index is 5.63. The van der Waals surface area contributed by atoms with Crippen molar-refractivity contribution < 1.29 is 0 Å². The van der Waals surface area contributed by atoms with Crippen molar-refractivity contribution in [1.82, 2.24) is 20.2 Å². The van der Waals surface area contributed by atoms with E-state index in [1.54, 1.807) is 5.51 Å². The van der Waals surface area contributed by atoms with E-state index in [1.807, 2.05) is 12.3 Å². The normalized spacial score (nSPS) is 13.1. The Morgan fingerprint density at radius 3 is 3.00 bits per heavy atom. The minimum absolute atomic E-state index is 0.125. The monoisotopic (exact) mass is 195 g/mol. The second kappa shape index (κ2) is 3.23. The van der Waals surface area contributed by atoms with Crippen LogP contribution in [-0.2, 0) is 0 Å². The molecule has 2 aromatic heterocycles. The van der Waals surface area contributed by atoms with E-state index < -0.39 is 0 Å². The lowest BCUT2D eigenvalue weighted by Gasteiger charge is -1.95. The molecule has 5 nitrogen and oxygen atoms in total. The summed E-state index contributed by atoms with van der Waals surface area (Å²) < 4.78 is 0. The van der Waals surface area contributed by atoms with Gasteiger partial charge in [0.25, 0.3) is 0 Å². The summed E-state index contributed by atoms with van der Waals surface area (Å²) in [4.78, 5) is 8.30. The fourth-order valence-corrected chi connectivity index (χ4v) is 1.45. The zero-order valence-electron chi connectivity index (χ0n) is 7.06. The Morgan fingerprint density at radius 1 is 1.62 bits per heavy atom. The first-order chi connectivity index (χ1) is 6.27. The number of nitrogens with zero attached hydrogens (tertiary/aromatic N) is 3. The van der Waals surface area contributed by atoms with Crippen molar-refractivity contribution in [1.29, 1.82) is 0 Å². The van der Waals surface area contributed by atoms with E-state index in [-0.39, 0.29) is 6.04 Å². The lowest BCUT2D eigenvalue weighted by atomic mass is 10.3. The van der Waals surface area contributed by atoms with Crippen molar-refractivity contribution in [3.05, 3.63) is 16.7 Å². The second-order valence-corrected chi connectivity index (χ2v) is 3.43. The summed E-state index contributed by atoms with van der Waals surface area (Å²) in [6.07, 6.45) is 0. The lowest BCUT2D eigenvalue weighted by Crippen LogP contribution is -2.06. The van der Waals surface area contributed by atoms with Gasteiger partial charge in [-0.2, -0.15) is 5.10 Å². The minimum atomic E-state index is -0.125. The van der Waals surface area contributed by atoms with Crippen LogP contribution in [0.5, 0.6) is 0 Å². The number of aromatic nitrogens is 4. The van der Waals surface area contributed by atoms with E-state index in [2.05, 4.69) is 20.2 Å². The second-order valence-electron chi connectivity index (χ2n) is 2.71. The molecule has 68 valence electrons. The Hall–Kier alpha value is -1.27.